The van der Waals surface area contributed by atoms with Gasteiger partial charge in [0.2, 0.25) is 0 Å². The molecule has 2 fully saturated rings. The highest BCUT2D eigenvalue weighted by molar-refractivity contribution is 5.87. The van der Waals surface area contributed by atoms with E-state index in [9.17, 15) is 9.59 Å². The minimum atomic E-state index is -1.20. The van der Waals surface area contributed by atoms with E-state index >= 15 is 0 Å². The lowest BCUT2D eigenvalue weighted by atomic mass is 9.99. The van der Waals surface area contributed by atoms with Gasteiger partial charge in [-0.05, 0) is 19.8 Å². The first-order valence-electron chi connectivity index (χ1n) is 7.72. The fraction of sp³-hybridized carbons (Fsp3) is 0.750. The number of methoxy groups -OCH3 is 1. The standard InChI is InChI=1S/C16H24O7/c1-12(2)14(18)23-15(8-13(17)20-11-19-3)9-21-16(22-10-15)6-4-5-7-16/h1,4-11H2,2-3H3. The second-order valence-corrected chi connectivity index (χ2v) is 6.15. The van der Waals surface area contributed by atoms with Gasteiger partial charge in [0.25, 0.3) is 0 Å². The van der Waals surface area contributed by atoms with Crippen LogP contribution in [0.15, 0.2) is 12.2 Å². The first-order chi connectivity index (χ1) is 10.9. The molecule has 23 heavy (non-hydrogen) atoms. The van der Waals surface area contributed by atoms with E-state index in [1.807, 2.05) is 0 Å². The van der Waals surface area contributed by atoms with Crippen LogP contribution >= 0.6 is 0 Å². The Bertz CT molecular complexity index is 455. The van der Waals surface area contributed by atoms with Crippen LogP contribution in [-0.4, -0.2) is 50.4 Å². The third-order valence-electron chi connectivity index (χ3n) is 4.02. The number of carbonyl (C=O) groups is 2. The predicted octanol–water partition coefficient (Wildman–Crippen LogP) is 1.70. The van der Waals surface area contributed by atoms with Crippen LogP contribution in [0.2, 0.25) is 0 Å². The number of ether oxygens (including phenoxy) is 5. The summed E-state index contributed by atoms with van der Waals surface area (Å²) in [5, 5.41) is 0. The molecule has 0 aromatic rings. The average Bonchev–Trinajstić information content (AvgIpc) is 2.97. The summed E-state index contributed by atoms with van der Waals surface area (Å²) in [5.74, 6) is -1.73. The van der Waals surface area contributed by atoms with E-state index in [2.05, 4.69) is 6.58 Å². The molecule has 0 aromatic heterocycles. The molecule has 0 unspecified atom stereocenters. The Balaban J connectivity index is 2.04. The Morgan fingerprint density at radius 3 is 2.30 bits per heavy atom. The molecule has 2 rings (SSSR count). The van der Waals surface area contributed by atoms with Crippen LogP contribution in [0, 0.1) is 0 Å². The molecule has 0 aromatic carbocycles. The maximum Gasteiger partial charge on any atom is 0.333 e. The van der Waals surface area contributed by atoms with Gasteiger partial charge < -0.3 is 23.7 Å². The first kappa shape index (κ1) is 17.9. The van der Waals surface area contributed by atoms with Gasteiger partial charge in [-0.15, -0.1) is 0 Å². The van der Waals surface area contributed by atoms with Crippen LogP contribution in [0.3, 0.4) is 0 Å². The van der Waals surface area contributed by atoms with Crippen molar-refractivity contribution in [3.05, 3.63) is 12.2 Å². The van der Waals surface area contributed by atoms with Gasteiger partial charge in [0.05, 0.1) is 19.6 Å². The number of hydrogen-bond acceptors (Lipinski definition) is 7. The Hall–Kier alpha value is -1.44. The Labute approximate surface area is 135 Å². The largest absolute Gasteiger partial charge is 0.450 e. The molecular formula is C16H24O7. The summed E-state index contributed by atoms with van der Waals surface area (Å²) >= 11 is 0. The molecule has 0 radical (unpaired) electrons. The van der Waals surface area contributed by atoms with Gasteiger partial charge in [-0.1, -0.05) is 6.58 Å². The van der Waals surface area contributed by atoms with Crippen molar-refractivity contribution >= 4 is 11.9 Å². The smallest absolute Gasteiger partial charge is 0.333 e. The van der Waals surface area contributed by atoms with Gasteiger partial charge in [-0.3, -0.25) is 4.79 Å². The average molecular weight is 328 g/mol. The highest BCUT2D eigenvalue weighted by atomic mass is 16.7. The van der Waals surface area contributed by atoms with E-state index in [0.29, 0.717) is 0 Å². The van der Waals surface area contributed by atoms with Gasteiger partial charge in [0.1, 0.15) is 0 Å². The zero-order valence-corrected chi connectivity index (χ0v) is 13.7. The minimum Gasteiger partial charge on any atom is -0.450 e. The zero-order chi connectivity index (χ0) is 16.9. The molecule has 1 aliphatic carbocycles. The lowest BCUT2D eigenvalue weighted by Gasteiger charge is -2.43. The van der Waals surface area contributed by atoms with Crippen molar-refractivity contribution in [1.29, 1.82) is 0 Å². The zero-order valence-electron chi connectivity index (χ0n) is 13.7. The fourth-order valence-electron chi connectivity index (χ4n) is 2.73. The van der Waals surface area contributed by atoms with Crippen molar-refractivity contribution in [2.75, 3.05) is 27.1 Å². The second kappa shape index (κ2) is 7.42. The summed E-state index contributed by atoms with van der Waals surface area (Å²) in [6, 6.07) is 0. The molecule has 7 nitrogen and oxygen atoms in total. The lowest BCUT2D eigenvalue weighted by molar-refractivity contribution is -0.316. The Morgan fingerprint density at radius 1 is 1.17 bits per heavy atom. The summed E-state index contributed by atoms with van der Waals surface area (Å²) in [5.41, 5.74) is -0.954. The van der Waals surface area contributed by atoms with Gasteiger partial charge in [-0.2, -0.15) is 0 Å². The molecule has 1 saturated heterocycles. The maximum atomic E-state index is 11.9. The molecule has 1 heterocycles. The third-order valence-corrected chi connectivity index (χ3v) is 4.02. The predicted molar refractivity (Wildman–Crippen MR) is 79.3 cm³/mol. The van der Waals surface area contributed by atoms with E-state index in [4.69, 9.17) is 23.7 Å². The number of carbonyl (C=O) groups excluding carboxylic acids is 2. The van der Waals surface area contributed by atoms with Gasteiger partial charge in [0.15, 0.2) is 18.2 Å². The van der Waals surface area contributed by atoms with Crippen LogP contribution < -0.4 is 0 Å². The summed E-state index contributed by atoms with van der Waals surface area (Å²) in [4.78, 5) is 23.8. The molecule has 0 N–H and O–H groups in total. The molecule has 1 aliphatic heterocycles. The van der Waals surface area contributed by atoms with Crippen molar-refractivity contribution in [3.63, 3.8) is 0 Å². The van der Waals surface area contributed by atoms with Crippen molar-refractivity contribution < 1.29 is 33.3 Å². The van der Waals surface area contributed by atoms with Crippen LogP contribution in [0.5, 0.6) is 0 Å². The van der Waals surface area contributed by atoms with Crippen molar-refractivity contribution in [3.8, 4) is 0 Å². The number of esters is 2. The third kappa shape index (κ3) is 4.53. The highest BCUT2D eigenvalue weighted by Gasteiger charge is 2.49. The van der Waals surface area contributed by atoms with Crippen LogP contribution in [-0.2, 0) is 33.3 Å². The first-order valence-corrected chi connectivity index (χ1v) is 7.72. The monoisotopic (exact) mass is 328 g/mol. The van der Waals surface area contributed by atoms with E-state index in [1.54, 1.807) is 6.92 Å². The van der Waals surface area contributed by atoms with Crippen molar-refractivity contribution in [1.82, 2.24) is 0 Å². The van der Waals surface area contributed by atoms with Gasteiger partial charge >= 0.3 is 11.9 Å². The summed E-state index contributed by atoms with van der Waals surface area (Å²) in [6.45, 7) is 5.13. The van der Waals surface area contributed by atoms with Crippen molar-refractivity contribution in [2.45, 2.75) is 50.4 Å². The van der Waals surface area contributed by atoms with Crippen LogP contribution in [0.25, 0.3) is 0 Å². The van der Waals surface area contributed by atoms with Gasteiger partial charge in [0, 0.05) is 25.5 Å². The SMILES string of the molecule is C=C(C)C(=O)OC1(CC(=O)OCOC)COC2(CCCC2)OC1. The Morgan fingerprint density at radius 2 is 1.78 bits per heavy atom. The molecule has 7 heteroatoms. The summed E-state index contributed by atoms with van der Waals surface area (Å²) < 4.78 is 26.8. The number of hydrogen-bond donors (Lipinski definition) is 0. The minimum absolute atomic E-state index is 0.0914. The normalized spacial score (nSPS) is 21.8. The van der Waals surface area contributed by atoms with Crippen LogP contribution in [0.1, 0.15) is 39.0 Å². The quantitative estimate of drug-likeness (QED) is 0.417. The molecule has 0 amide bonds. The fourth-order valence-corrected chi connectivity index (χ4v) is 2.73. The molecule has 0 atom stereocenters. The van der Waals surface area contributed by atoms with Crippen molar-refractivity contribution in [2.24, 2.45) is 0 Å². The van der Waals surface area contributed by atoms with E-state index in [0.717, 1.165) is 25.7 Å². The highest BCUT2D eigenvalue weighted by Crippen LogP contribution is 2.40. The topological polar surface area (TPSA) is 80.3 Å². The molecule has 0 bridgehead atoms. The number of rotatable bonds is 6. The van der Waals surface area contributed by atoms with E-state index in [1.165, 1.54) is 7.11 Å². The molecule has 2 aliphatic rings. The molecule has 1 spiro atoms. The molecule has 1 saturated carbocycles. The van der Waals surface area contributed by atoms with Gasteiger partial charge in [-0.25, -0.2) is 4.79 Å². The van der Waals surface area contributed by atoms with E-state index in [-0.39, 0.29) is 32.0 Å². The summed E-state index contributed by atoms with van der Waals surface area (Å²) in [6.07, 6.45) is 3.53. The van der Waals surface area contributed by atoms with E-state index < -0.39 is 23.3 Å². The maximum absolute atomic E-state index is 11.9. The Kier molecular flexibility index (Phi) is 5.78. The second-order valence-electron chi connectivity index (χ2n) is 6.15. The molecule has 130 valence electrons. The van der Waals surface area contributed by atoms with Crippen LogP contribution in [0.4, 0.5) is 0 Å². The molecular weight excluding hydrogens is 304 g/mol. The summed E-state index contributed by atoms with van der Waals surface area (Å²) in [7, 11) is 1.42. The lowest BCUT2D eigenvalue weighted by Crippen LogP contribution is -2.55.